The highest BCUT2D eigenvalue weighted by atomic mass is 19.1. The Morgan fingerprint density at radius 2 is 1.91 bits per heavy atom. The molecule has 1 aromatic heterocycles. The van der Waals surface area contributed by atoms with Crippen LogP contribution in [0, 0.1) is 5.82 Å². The first kappa shape index (κ1) is 20.7. The molecule has 2 aliphatic rings. The van der Waals surface area contributed by atoms with E-state index in [4.69, 9.17) is 5.11 Å². The van der Waals surface area contributed by atoms with Gasteiger partial charge in [-0.3, -0.25) is 14.4 Å². The van der Waals surface area contributed by atoms with E-state index in [9.17, 15) is 18.8 Å². The average molecular weight is 446 g/mol. The molecular weight excluding hydrogens is 427 g/mol. The Labute approximate surface area is 187 Å². The summed E-state index contributed by atoms with van der Waals surface area (Å²) in [6.45, 7) is -0.283. The van der Waals surface area contributed by atoms with Crippen LogP contribution in [0.15, 0.2) is 42.5 Å². The van der Waals surface area contributed by atoms with E-state index >= 15 is 0 Å². The minimum absolute atomic E-state index is 0.147. The second-order valence-electron chi connectivity index (χ2n) is 7.74. The molecule has 166 valence electrons. The zero-order chi connectivity index (χ0) is 23.1. The fourth-order valence-electron chi connectivity index (χ4n) is 4.20. The molecule has 3 heterocycles. The van der Waals surface area contributed by atoms with E-state index in [0.29, 0.717) is 41.0 Å². The van der Waals surface area contributed by atoms with Crippen molar-refractivity contribution in [1.29, 1.82) is 0 Å². The van der Waals surface area contributed by atoms with E-state index in [-0.39, 0.29) is 17.2 Å². The lowest BCUT2D eigenvalue weighted by atomic mass is 9.95. The first-order valence-electron chi connectivity index (χ1n) is 10.3. The highest BCUT2D eigenvalue weighted by molar-refractivity contribution is 6.35. The molecule has 0 unspecified atom stereocenters. The van der Waals surface area contributed by atoms with Crippen LogP contribution < -0.4 is 16.0 Å². The summed E-state index contributed by atoms with van der Waals surface area (Å²) in [5.74, 6) is -2.14. The Balaban J connectivity index is 1.64. The van der Waals surface area contributed by atoms with Crippen molar-refractivity contribution in [3.8, 4) is 11.1 Å². The number of aromatic amines is 1. The highest BCUT2D eigenvalue weighted by Gasteiger charge is 2.30. The monoisotopic (exact) mass is 446 g/mol. The largest absolute Gasteiger partial charge is 0.387 e. The van der Waals surface area contributed by atoms with E-state index in [1.807, 2.05) is 30.3 Å². The predicted molar refractivity (Wildman–Crippen MR) is 121 cm³/mol. The van der Waals surface area contributed by atoms with Gasteiger partial charge in [-0.15, -0.1) is 0 Å². The van der Waals surface area contributed by atoms with Gasteiger partial charge in [0.15, 0.2) is 0 Å². The number of benzene rings is 2. The van der Waals surface area contributed by atoms with Crippen molar-refractivity contribution < 1.29 is 23.9 Å². The number of anilines is 2. The second kappa shape index (κ2) is 8.03. The number of fused-ring (bicyclic) bond motifs is 2. The standard InChI is InChI=1S/C24H19FN4O4/c25-15-8-13-14(23(32)29-17(13)10-18(15)28-20(31)11-30)9-19-21(12-4-2-1-3-5-12)22-16(27-19)6-7-26-24(22)33/h1-5,8-10,27,30H,6-7,11H2,(H,26,33)(H,28,31)(H,29,32)/b14-9-. The van der Waals surface area contributed by atoms with Crippen LogP contribution in [0.25, 0.3) is 22.8 Å². The Morgan fingerprint density at radius 1 is 1.12 bits per heavy atom. The van der Waals surface area contributed by atoms with Crippen molar-refractivity contribution in [3.63, 3.8) is 0 Å². The highest BCUT2D eigenvalue weighted by Crippen LogP contribution is 2.39. The topological polar surface area (TPSA) is 123 Å². The van der Waals surface area contributed by atoms with Gasteiger partial charge in [0.25, 0.3) is 11.8 Å². The predicted octanol–water partition coefficient (Wildman–Crippen LogP) is 2.53. The number of rotatable bonds is 4. The van der Waals surface area contributed by atoms with Crippen molar-refractivity contribution in [1.82, 2.24) is 10.3 Å². The summed E-state index contributed by atoms with van der Waals surface area (Å²) in [7, 11) is 0. The van der Waals surface area contributed by atoms with Crippen LogP contribution in [0.2, 0.25) is 0 Å². The molecule has 3 aromatic rings. The molecule has 2 aromatic carbocycles. The molecule has 0 atom stereocenters. The molecule has 5 N–H and O–H groups in total. The summed E-state index contributed by atoms with van der Waals surface area (Å²) in [4.78, 5) is 40.1. The molecule has 5 rings (SSSR count). The smallest absolute Gasteiger partial charge is 0.256 e. The normalized spacial score (nSPS) is 15.6. The Hall–Kier alpha value is -4.24. The molecule has 9 heteroatoms. The number of hydrogen-bond donors (Lipinski definition) is 5. The summed E-state index contributed by atoms with van der Waals surface area (Å²) in [5, 5.41) is 16.7. The summed E-state index contributed by atoms with van der Waals surface area (Å²) in [5.41, 5.74) is 4.09. The average Bonchev–Trinajstić information content (AvgIpc) is 3.33. The Bertz CT molecular complexity index is 1340. The van der Waals surface area contributed by atoms with Gasteiger partial charge >= 0.3 is 0 Å². The van der Waals surface area contributed by atoms with Crippen molar-refractivity contribution in [2.75, 3.05) is 23.8 Å². The van der Waals surface area contributed by atoms with E-state index in [0.717, 1.165) is 17.3 Å². The van der Waals surface area contributed by atoms with E-state index in [1.165, 1.54) is 6.07 Å². The summed E-state index contributed by atoms with van der Waals surface area (Å²) < 4.78 is 14.6. The van der Waals surface area contributed by atoms with Crippen molar-refractivity contribution in [3.05, 3.63) is 70.8 Å². The Morgan fingerprint density at radius 3 is 2.67 bits per heavy atom. The number of carbonyl (C=O) groups excluding carboxylic acids is 3. The molecule has 0 spiro atoms. The van der Waals surface area contributed by atoms with Gasteiger partial charge in [0, 0.05) is 35.5 Å². The fourth-order valence-corrected chi connectivity index (χ4v) is 4.20. The lowest BCUT2D eigenvalue weighted by molar-refractivity contribution is -0.118. The van der Waals surface area contributed by atoms with Crippen molar-refractivity contribution >= 4 is 40.7 Å². The van der Waals surface area contributed by atoms with Crippen LogP contribution in [0.5, 0.6) is 0 Å². The van der Waals surface area contributed by atoms with Gasteiger partial charge in [0.2, 0.25) is 5.91 Å². The number of aliphatic hydroxyl groups excluding tert-OH is 1. The Kier molecular flexibility index (Phi) is 5.02. The van der Waals surface area contributed by atoms with Crippen molar-refractivity contribution in [2.24, 2.45) is 0 Å². The SMILES string of the molecule is O=C(CO)Nc1cc2c(cc1F)/C(=C/c1[nH]c3c(c1-c1ccccc1)C(=O)NCC3)C(=O)N2. The number of aliphatic hydroxyl groups is 1. The fraction of sp³-hybridized carbons (Fsp3) is 0.125. The number of halogens is 1. The van der Waals surface area contributed by atoms with E-state index < -0.39 is 24.2 Å². The van der Waals surface area contributed by atoms with Crippen LogP contribution in [-0.4, -0.2) is 41.0 Å². The maximum atomic E-state index is 14.6. The lowest BCUT2D eigenvalue weighted by Gasteiger charge is -2.13. The van der Waals surface area contributed by atoms with Gasteiger partial charge in [-0.1, -0.05) is 30.3 Å². The molecule has 0 saturated heterocycles. The minimum atomic E-state index is -0.790. The first-order chi connectivity index (χ1) is 16.0. The molecule has 0 saturated carbocycles. The summed E-state index contributed by atoms with van der Waals surface area (Å²) in [6.07, 6.45) is 2.23. The zero-order valence-electron chi connectivity index (χ0n) is 17.3. The summed E-state index contributed by atoms with van der Waals surface area (Å²) in [6, 6.07) is 11.8. The third kappa shape index (κ3) is 3.58. The van der Waals surface area contributed by atoms with Gasteiger partial charge in [-0.2, -0.15) is 0 Å². The van der Waals surface area contributed by atoms with Gasteiger partial charge < -0.3 is 26.0 Å². The molecule has 8 nitrogen and oxygen atoms in total. The molecule has 0 aliphatic carbocycles. The van der Waals surface area contributed by atoms with Crippen LogP contribution >= 0.6 is 0 Å². The van der Waals surface area contributed by atoms with Crippen LogP contribution in [-0.2, 0) is 16.0 Å². The van der Waals surface area contributed by atoms with Gasteiger partial charge in [-0.25, -0.2) is 4.39 Å². The number of amides is 3. The second-order valence-corrected chi connectivity index (χ2v) is 7.74. The number of aromatic nitrogens is 1. The van der Waals surface area contributed by atoms with Gasteiger partial charge in [-0.05, 0) is 23.8 Å². The van der Waals surface area contributed by atoms with Gasteiger partial charge in [0.1, 0.15) is 12.4 Å². The number of hydrogen-bond acceptors (Lipinski definition) is 4. The van der Waals surface area contributed by atoms with Crippen LogP contribution in [0.3, 0.4) is 0 Å². The third-order valence-corrected chi connectivity index (χ3v) is 5.65. The first-order valence-corrected chi connectivity index (χ1v) is 10.3. The molecule has 2 aliphatic heterocycles. The third-order valence-electron chi connectivity index (χ3n) is 5.65. The van der Waals surface area contributed by atoms with Crippen LogP contribution in [0.1, 0.15) is 27.3 Å². The molecule has 0 radical (unpaired) electrons. The zero-order valence-corrected chi connectivity index (χ0v) is 17.3. The molecular formula is C24H19FN4O4. The van der Waals surface area contributed by atoms with Crippen molar-refractivity contribution in [2.45, 2.75) is 6.42 Å². The number of carbonyl (C=O) groups is 3. The lowest BCUT2D eigenvalue weighted by Crippen LogP contribution is -2.31. The van der Waals surface area contributed by atoms with E-state index in [1.54, 1.807) is 6.08 Å². The quantitative estimate of drug-likeness (QED) is 0.395. The van der Waals surface area contributed by atoms with Gasteiger partial charge in [0.05, 0.1) is 22.5 Å². The number of nitrogens with one attached hydrogen (secondary N) is 4. The number of H-pyrrole nitrogens is 1. The maximum absolute atomic E-state index is 14.6. The molecule has 0 fully saturated rings. The molecule has 33 heavy (non-hydrogen) atoms. The summed E-state index contributed by atoms with van der Waals surface area (Å²) >= 11 is 0. The van der Waals surface area contributed by atoms with Crippen LogP contribution in [0.4, 0.5) is 15.8 Å². The minimum Gasteiger partial charge on any atom is -0.387 e. The van der Waals surface area contributed by atoms with E-state index in [2.05, 4.69) is 20.9 Å². The maximum Gasteiger partial charge on any atom is 0.256 e. The molecule has 3 amide bonds. The molecule has 0 bridgehead atoms.